The number of carbonyl (C=O) groups is 2. The molecule has 0 saturated carbocycles. The van der Waals surface area contributed by atoms with Gasteiger partial charge in [-0.2, -0.15) is 0 Å². The number of benzene rings is 1. The van der Waals surface area contributed by atoms with E-state index in [1.165, 1.54) is 11.3 Å². The average molecular weight is 403 g/mol. The number of anilines is 1. The second-order valence-electron chi connectivity index (χ2n) is 6.40. The number of halogens is 1. The molecule has 4 rings (SSSR count). The van der Waals surface area contributed by atoms with E-state index in [1.54, 1.807) is 31.2 Å². The molecule has 1 aliphatic heterocycles. The van der Waals surface area contributed by atoms with E-state index >= 15 is 0 Å². The summed E-state index contributed by atoms with van der Waals surface area (Å²) in [5, 5.41) is 17.2. The van der Waals surface area contributed by atoms with Crippen LogP contribution in [0.3, 0.4) is 0 Å². The van der Waals surface area contributed by atoms with Crippen LogP contribution < -0.4 is 5.32 Å². The number of nitrogens with one attached hydrogen (secondary N) is 1. The van der Waals surface area contributed by atoms with E-state index in [-0.39, 0.29) is 23.1 Å². The lowest BCUT2D eigenvalue weighted by atomic mass is 9.87. The molecule has 138 valence electrons. The number of aromatic nitrogens is 1. The number of thiophene rings is 1. The summed E-state index contributed by atoms with van der Waals surface area (Å²) in [6, 6.07) is 6.90. The van der Waals surface area contributed by atoms with E-state index in [2.05, 4.69) is 10.5 Å². The van der Waals surface area contributed by atoms with Crippen LogP contribution in [0.15, 0.2) is 28.8 Å². The lowest BCUT2D eigenvalue weighted by Crippen LogP contribution is -2.23. The third-order valence-electron chi connectivity index (χ3n) is 4.67. The first-order valence-electron chi connectivity index (χ1n) is 8.25. The molecule has 2 aromatic heterocycles. The summed E-state index contributed by atoms with van der Waals surface area (Å²) in [6.07, 6.45) is 0.218. The molecule has 1 atom stereocenters. The fourth-order valence-corrected chi connectivity index (χ4v) is 4.90. The molecule has 3 heterocycles. The SMILES string of the molecule is Cc1noc(C)c1C1CC(=O)Nc2c1sc(C(=O)O)c2-c1ccc(Cl)cc1. The highest BCUT2D eigenvalue weighted by molar-refractivity contribution is 7.15. The van der Waals surface area contributed by atoms with Crippen molar-refractivity contribution in [1.82, 2.24) is 5.16 Å². The van der Waals surface area contributed by atoms with Gasteiger partial charge >= 0.3 is 5.97 Å². The molecule has 0 fully saturated rings. The minimum Gasteiger partial charge on any atom is -0.477 e. The number of rotatable bonds is 3. The zero-order chi connectivity index (χ0) is 19.3. The minimum absolute atomic E-state index is 0.169. The summed E-state index contributed by atoms with van der Waals surface area (Å²) in [4.78, 5) is 25.4. The Morgan fingerprint density at radius 3 is 2.63 bits per heavy atom. The Balaban J connectivity index is 1.97. The van der Waals surface area contributed by atoms with Crippen molar-refractivity contribution < 1.29 is 19.2 Å². The molecule has 8 heteroatoms. The van der Waals surface area contributed by atoms with E-state index in [4.69, 9.17) is 16.1 Å². The molecule has 1 aliphatic rings. The van der Waals surface area contributed by atoms with Crippen LogP contribution in [0.2, 0.25) is 5.02 Å². The third kappa shape index (κ3) is 2.93. The van der Waals surface area contributed by atoms with Crippen LogP contribution in [-0.2, 0) is 4.79 Å². The van der Waals surface area contributed by atoms with Gasteiger partial charge in [0.05, 0.1) is 11.4 Å². The number of hydrogen-bond donors (Lipinski definition) is 2. The van der Waals surface area contributed by atoms with Crippen molar-refractivity contribution in [3.63, 3.8) is 0 Å². The van der Waals surface area contributed by atoms with Crippen LogP contribution in [0, 0.1) is 13.8 Å². The predicted molar refractivity (Wildman–Crippen MR) is 103 cm³/mol. The van der Waals surface area contributed by atoms with Gasteiger partial charge in [-0.1, -0.05) is 28.9 Å². The van der Waals surface area contributed by atoms with Crippen molar-refractivity contribution in [2.45, 2.75) is 26.2 Å². The van der Waals surface area contributed by atoms with Gasteiger partial charge in [0.15, 0.2) is 0 Å². The third-order valence-corrected chi connectivity index (χ3v) is 6.21. The Kier molecular flexibility index (Phi) is 4.28. The molecule has 2 N–H and O–H groups in total. The first-order valence-corrected chi connectivity index (χ1v) is 9.44. The molecular formula is C19H15ClN2O4S. The first kappa shape index (κ1) is 17.8. The van der Waals surface area contributed by atoms with Crippen LogP contribution in [0.25, 0.3) is 11.1 Å². The summed E-state index contributed by atoms with van der Waals surface area (Å²) in [7, 11) is 0. The number of carboxylic acid groups (broad SMARTS) is 1. The second-order valence-corrected chi connectivity index (χ2v) is 7.89. The van der Waals surface area contributed by atoms with Crippen LogP contribution in [-0.4, -0.2) is 22.1 Å². The number of carbonyl (C=O) groups excluding carboxylic acids is 1. The number of hydrogen-bond acceptors (Lipinski definition) is 5. The molecule has 3 aromatic rings. The number of aryl methyl sites for hydroxylation is 2. The maximum Gasteiger partial charge on any atom is 0.346 e. The van der Waals surface area contributed by atoms with Gasteiger partial charge in [-0.25, -0.2) is 4.79 Å². The first-order chi connectivity index (χ1) is 12.9. The van der Waals surface area contributed by atoms with Gasteiger partial charge < -0.3 is 14.9 Å². The molecule has 0 bridgehead atoms. The standard InChI is InChI=1S/C19H15ClN2O4S/c1-8-14(9(2)26-22-8)12-7-13(23)21-16-15(10-3-5-11(20)6-4-10)18(19(24)25)27-17(12)16/h3-6,12H,7H2,1-2H3,(H,21,23)(H,24,25). The zero-order valence-electron chi connectivity index (χ0n) is 14.5. The lowest BCUT2D eigenvalue weighted by molar-refractivity contribution is -0.116. The van der Waals surface area contributed by atoms with Crippen molar-refractivity contribution in [3.8, 4) is 11.1 Å². The van der Waals surface area contributed by atoms with Gasteiger partial charge in [0, 0.05) is 33.4 Å². The quantitative estimate of drug-likeness (QED) is 0.653. The molecular weight excluding hydrogens is 388 g/mol. The van der Waals surface area contributed by atoms with Crippen molar-refractivity contribution >= 4 is 40.5 Å². The van der Waals surface area contributed by atoms with Crippen molar-refractivity contribution in [1.29, 1.82) is 0 Å². The van der Waals surface area contributed by atoms with Gasteiger partial charge in [-0.3, -0.25) is 4.79 Å². The van der Waals surface area contributed by atoms with Crippen LogP contribution in [0.4, 0.5) is 5.69 Å². The summed E-state index contributed by atoms with van der Waals surface area (Å²) >= 11 is 7.14. The number of amides is 1. The molecule has 0 aliphatic carbocycles. The maximum absolute atomic E-state index is 12.4. The number of fused-ring (bicyclic) bond motifs is 1. The smallest absolute Gasteiger partial charge is 0.346 e. The summed E-state index contributed by atoms with van der Waals surface area (Å²) in [6.45, 7) is 3.62. The van der Waals surface area contributed by atoms with Crippen molar-refractivity contribution in [2.75, 3.05) is 5.32 Å². The highest BCUT2D eigenvalue weighted by atomic mass is 35.5. The Bertz CT molecular complexity index is 1050. The largest absolute Gasteiger partial charge is 0.477 e. The lowest BCUT2D eigenvalue weighted by Gasteiger charge is -2.23. The van der Waals surface area contributed by atoms with Gasteiger partial charge in [0.25, 0.3) is 0 Å². The molecule has 0 spiro atoms. The van der Waals surface area contributed by atoms with Crippen LogP contribution >= 0.6 is 22.9 Å². The molecule has 27 heavy (non-hydrogen) atoms. The van der Waals surface area contributed by atoms with Gasteiger partial charge in [-0.15, -0.1) is 11.3 Å². The molecule has 1 aromatic carbocycles. The van der Waals surface area contributed by atoms with Gasteiger partial charge in [-0.05, 0) is 31.5 Å². The summed E-state index contributed by atoms with van der Waals surface area (Å²) in [5.74, 6) is -0.857. The topological polar surface area (TPSA) is 92.4 Å². The molecule has 0 radical (unpaired) electrons. The van der Waals surface area contributed by atoms with Crippen LogP contribution in [0.1, 0.15) is 43.9 Å². The Morgan fingerprint density at radius 1 is 1.33 bits per heavy atom. The van der Waals surface area contributed by atoms with Crippen molar-refractivity contribution in [3.05, 3.63) is 56.1 Å². The molecule has 1 unspecified atom stereocenters. The molecule has 0 saturated heterocycles. The second kappa shape index (κ2) is 6.51. The highest BCUT2D eigenvalue weighted by Crippen LogP contribution is 2.50. The van der Waals surface area contributed by atoms with E-state index in [0.29, 0.717) is 33.3 Å². The van der Waals surface area contributed by atoms with Crippen LogP contribution in [0.5, 0.6) is 0 Å². The molecule has 6 nitrogen and oxygen atoms in total. The Hall–Kier alpha value is -2.64. The normalized spacial score (nSPS) is 16.1. The van der Waals surface area contributed by atoms with E-state index in [1.807, 2.05) is 6.92 Å². The summed E-state index contributed by atoms with van der Waals surface area (Å²) in [5.41, 5.74) is 3.28. The number of carboxylic acids is 1. The zero-order valence-corrected chi connectivity index (χ0v) is 16.1. The fraction of sp³-hybridized carbons (Fsp3) is 0.211. The Labute approximate surface area is 163 Å². The average Bonchev–Trinajstić information content (AvgIpc) is 3.15. The Morgan fingerprint density at radius 2 is 2.04 bits per heavy atom. The van der Waals surface area contributed by atoms with E-state index in [0.717, 1.165) is 10.4 Å². The maximum atomic E-state index is 12.4. The number of nitrogens with zero attached hydrogens (tertiary/aromatic N) is 1. The monoisotopic (exact) mass is 402 g/mol. The predicted octanol–water partition coefficient (Wildman–Crippen LogP) is 4.85. The van der Waals surface area contributed by atoms with Gasteiger partial charge in [0.2, 0.25) is 5.91 Å². The fourth-order valence-electron chi connectivity index (χ4n) is 3.55. The van der Waals surface area contributed by atoms with E-state index in [9.17, 15) is 14.7 Å². The molecule has 1 amide bonds. The van der Waals surface area contributed by atoms with Gasteiger partial charge in [0.1, 0.15) is 10.6 Å². The van der Waals surface area contributed by atoms with Crippen molar-refractivity contribution in [2.24, 2.45) is 0 Å². The summed E-state index contributed by atoms with van der Waals surface area (Å²) < 4.78 is 5.27. The highest BCUT2D eigenvalue weighted by Gasteiger charge is 2.36. The number of aromatic carboxylic acids is 1. The minimum atomic E-state index is -1.04. The van der Waals surface area contributed by atoms with E-state index < -0.39 is 5.97 Å².